The van der Waals surface area contributed by atoms with Gasteiger partial charge in [0.25, 0.3) is 0 Å². The van der Waals surface area contributed by atoms with Crippen LogP contribution in [0.3, 0.4) is 0 Å². The number of ether oxygens (including phenoxy) is 2. The first-order valence-corrected chi connectivity index (χ1v) is 11.9. The molecule has 8 heteroatoms. The first-order valence-electron chi connectivity index (χ1n) is 11.9. The number of carbonyl (C=O) groups is 2. The van der Waals surface area contributed by atoms with Crippen LogP contribution in [0.15, 0.2) is 63.8 Å². The molecule has 0 aliphatic carbocycles. The van der Waals surface area contributed by atoms with Gasteiger partial charge in [-0.2, -0.15) is 0 Å². The Morgan fingerprint density at radius 1 is 1.06 bits per heavy atom. The minimum atomic E-state index is -1.20. The lowest BCUT2D eigenvalue weighted by Crippen LogP contribution is -2.43. The summed E-state index contributed by atoms with van der Waals surface area (Å²) in [6, 6.07) is 15.1. The molecule has 0 spiro atoms. The number of carbonyl (C=O) groups excluding carboxylic acids is 1. The Morgan fingerprint density at radius 3 is 2.50 bits per heavy atom. The fraction of sp³-hybridized carbons (Fsp3) is 0.393. The van der Waals surface area contributed by atoms with Crippen LogP contribution in [0.1, 0.15) is 44.1 Å². The summed E-state index contributed by atoms with van der Waals surface area (Å²) in [5.74, 6) is -0.630. The zero-order chi connectivity index (χ0) is 26.1. The number of aliphatic carboxylic acids is 1. The maximum Gasteiger partial charge on any atom is 0.407 e. The van der Waals surface area contributed by atoms with Crippen molar-refractivity contribution in [2.45, 2.75) is 52.7 Å². The van der Waals surface area contributed by atoms with E-state index in [4.69, 9.17) is 13.9 Å². The molecule has 8 nitrogen and oxygen atoms in total. The molecule has 3 rings (SSSR count). The van der Waals surface area contributed by atoms with Gasteiger partial charge in [0, 0.05) is 25.5 Å². The van der Waals surface area contributed by atoms with Gasteiger partial charge in [-0.1, -0.05) is 57.2 Å². The lowest BCUT2D eigenvalue weighted by atomic mass is 9.99. The maximum absolute atomic E-state index is 12.7. The van der Waals surface area contributed by atoms with Crippen molar-refractivity contribution in [1.29, 1.82) is 0 Å². The first-order chi connectivity index (χ1) is 17.1. The zero-order valence-electron chi connectivity index (χ0n) is 20.9. The number of hydrogen-bond acceptors (Lipinski definition) is 6. The van der Waals surface area contributed by atoms with Crippen molar-refractivity contribution in [2.75, 3.05) is 13.2 Å². The normalized spacial score (nSPS) is 12.3. The van der Waals surface area contributed by atoms with Crippen LogP contribution in [0.4, 0.5) is 4.79 Å². The fourth-order valence-corrected chi connectivity index (χ4v) is 3.52. The number of hydrogen-bond donors (Lipinski definition) is 2. The van der Waals surface area contributed by atoms with E-state index < -0.39 is 18.1 Å². The molecule has 0 aliphatic rings. The third-order valence-electron chi connectivity index (χ3n) is 5.33. The standard InChI is InChI=1S/C28H33NO7/c1-28(2,3)18-35-27(33)29-23(26(31)32)15-20-11-12-25-22(14-20)24(30)16-21(36-25)10-7-13-34-17-19-8-5-4-6-9-19/h4-6,8-9,11-12,14,16,23H,7,10,13,15,17-18H2,1-3H3,(H,29,33)(H,31,32)/t23-/m0/s1. The van der Waals surface area contributed by atoms with Crippen molar-refractivity contribution in [2.24, 2.45) is 5.41 Å². The van der Waals surface area contributed by atoms with Gasteiger partial charge in [-0.25, -0.2) is 9.59 Å². The summed E-state index contributed by atoms with van der Waals surface area (Å²) in [5, 5.41) is 12.3. The molecule has 0 radical (unpaired) electrons. The number of rotatable bonds is 11. The van der Waals surface area contributed by atoms with E-state index in [0.717, 1.165) is 5.56 Å². The van der Waals surface area contributed by atoms with Crippen molar-refractivity contribution in [3.63, 3.8) is 0 Å². The molecule has 36 heavy (non-hydrogen) atoms. The predicted molar refractivity (Wildman–Crippen MR) is 136 cm³/mol. The van der Waals surface area contributed by atoms with Gasteiger partial charge in [-0.15, -0.1) is 0 Å². The number of amides is 1. The summed E-state index contributed by atoms with van der Waals surface area (Å²) in [7, 11) is 0. The van der Waals surface area contributed by atoms with Gasteiger partial charge in [0.15, 0.2) is 5.43 Å². The second kappa shape index (κ2) is 12.4. The summed E-state index contributed by atoms with van der Waals surface area (Å²) in [5.41, 5.74) is 1.67. The molecule has 0 bridgehead atoms. The lowest BCUT2D eigenvalue weighted by Gasteiger charge is -2.20. The first kappa shape index (κ1) is 26.9. The molecular formula is C28H33NO7. The summed E-state index contributed by atoms with van der Waals surface area (Å²) in [6.45, 7) is 6.94. The van der Waals surface area contributed by atoms with Crippen molar-refractivity contribution in [3.8, 4) is 0 Å². The van der Waals surface area contributed by atoms with Crippen molar-refractivity contribution >= 4 is 23.0 Å². The number of nitrogens with one attached hydrogen (secondary N) is 1. The van der Waals surface area contributed by atoms with Crippen LogP contribution in [0.5, 0.6) is 0 Å². The second-order valence-electron chi connectivity index (χ2n) is 9.93. The molecule has 0 unspecified atom stereocenters. The summed E-state index contributed by atoms with van der Waals surface area (Å²) >= 11 is 0. The SMILES string of the molecule is CC(C)(C)COC(=O)N[C@@H](Cc1ccc2oc(CCCOCc3ccccc3)cc(=O)c2c1)C(=O)O. The average molecular weight is 496 g/mol. The summed E-state index contributed by atoms with van der Waals surface area (Å²) < 4.78 is 16.7. The van der Waals surface area contributed by atoms with Crippen LogP contribution in [-0.4, -0.2) is 36.4 Å². The van der Waals surface area contributed by atoms with E-state index in [0.29, 0.717) is 48.3 Å². The third kappa shape index (κ3) is 8.53. The molecule has 192 valence electrons. The Balaban J connectivity index is 1.58. The zero-order valence-corrected chi connectivity index (χ0v) is 20.9. The van der Waals surface area contributed by atoms with Crippen LogP contribution in [0.2, 0.25) is 0 Å². The topological polar surface area (TPSA) is 115 Å². The van der Waals surface area contributed by atoms with E-state index in [-0.39, 0.29) is 23.9 Å². The summed E-state index contributed by atoms with van der Waals surface area (Å²) in [4.78, 5) is 36.4. The molecule has 2 N–H and O–H groups in total. The Bertz CT molecular complexity index is 1230. The molecule has 0 fully saturated rings. The van der Waals surface area contributed by atoms with Gasteiger partial charge in [0.1, 0.15) is 17.4 Å². The third-order valence-corrected chi connectivity index (χ3v) is 5.33. The largest absolute Gasteiger partial charge is 0.480 e. The fourth-order valence-electron chi connectivity index (χ4n) is 3.52. The monoisotopic (exact) mass is 495 g/mol. The Kier molecular flexibility index (Phi) is 9.25. The highest BCUT2D eigenvalue weighted by molar-refractivity contribution is 5.81. The van der Waals surface area contributed by atoms with Gasteiger partial charge in [-0.05, 0) is 35.1 Å². The average Bonchev–Trinajstić information content (AvgIpc) is 2.82. The maximum atomic E-state index is 12.7. The minimum Gasteiger partial charge on any atom is -0.480 e. The van der Waals surface area contributed by atoms with Crippen molar-refractivity contribution < 1.29 is 28.6 Å². The number of fused-ring (bicyclic) bond motifs is 1. The van der Waals surface area contributed by atoms with E-state index in [1.54, 1.807) is 18.2 Å². The number of benzene rings is 2. The van der Waals surface area contributed by atoms with Gasteiger partial charge in [0.2, 0.25) is 0 Å². The van der Waals surface area contributed by atoms with Crippen LogP contribution in [0.25, 0.3) is 11.0 Å². The van der Waals surface area contributed by atoms with E-state index in [2.05, 4.69) is 5.32 Å². The molecule has 1 heterocycles. The van der Waals surface area contributed by atoms with Crippen molar-refractivity contribution in [3.05, 3.63) is 81.7 Å². The highest BCUT2D eigenvalue weighted by Gasteiger charge is 2.23. The van der Waals surface area contributed by atoms with Crippen LogP contribution in [-0.2, 0) is 33.7 Å². The van der Waals surface area contributed by atoms with Gasteiger partial charge < -0.3 is 24.3 Å². The van der Waals surface area contributed by atoms with Crippen molar-refractivity contribution in [1.82, 2.24) is 5.32 Å². The molecule has 0 saturated carbocycles. The molecule has 2 aromatic carbocycles. The molecular weight excluding hydrogens is 462 g/mol. The number of aryl methyl sites for hydroxylation is 1. The molecule has 1 aromatic heterocycles. The van der Waals surface area contributed by atoms with Crippen LogP contribution in [0, 0.1) is 5.41 Å². The number of alkyl carbamates (subject to hydrolysis) is 1. The van der Waals surface area contributed by atoms with E-state index in [1.807, 2.05) is 51.1 Å². The molecule has 1 amide bonds. The van der Waals surface area contributed by atoms with E-state index in [1.165, 1.54) is 6.07 Å². The van der Waals surface area contributed by atoms with Crippen LogP contribution >= 0.6 is 0 Å². The van der Waals surface area contributed by atoms with Gasteiger partial charge >= 0.3 is 12.1 Å². The number of carboxylic acids is 1. The van der Waals surface area contributed by atoms with E-state index >= 15 is 0 Å². The lowest BCUT2D eigenvalue weighted by molar-refractivity contribution is -0.139. The Labute approximate surface area is 210 Å². The van der Waals surface area contributed by atoms with Crippen LogP contribution < -0.4 is 10.7 Å². The Morgan fingerprint density at radius 2 is 1.81 bits per heavy atom. The summed E-state index contributed by atoms with van der Waals surface area (Å²) in [6.07, 6.45) is 0.464. The second-order valence-corrected chi connectivity index (χ2v) is 9.93. The molecule has 0 saturated heterocycles. The number of carboxylic acid groups (broad SMARTS) is 1. The predicted octanol–water partition coefficient (Wildman–Crippen LogP) is 4.71. The molecule has 1 atom stereocenters. The minimum absolute atomic E-state index is 0.00413. The van der Waals surface area contributed by atoms with Gasteiger partial charge in [-0.3, -0.25) is 4.79 Å². The highest BCUT2D eigenvalue weighted by atomic mass is 16.5. The smallest absolute Gasteiger partial charge is 0.407 e. The quantitative estimate of drug-likeness (QED) is 0.370. The molecule has 3 aromatic rings. The van der Waals surface area contributed by atoms with E-state index in [9.17, 15) is 19.5 Å². The Hall–Kier alpha value is -3.65. The molecule has 0 aliphatic heterocycles. The van der Waals surface area contributed by atoms with Gasteiger partial charge in [0.05, 0.1) is 18.6 Å². The highest BCUT2D eigenvalue weighted by Crippen LogP contribution is 2.17.